The predicted molar refractivity (Wildman–Crippen MR) is 100.0 cm³/mol. The van der Waals surface area contributed by atoms with Crippen molar-refractivity contribution in [3.8, 4) is 5.69 Å². The fraction of sp³-hybridized carbons (Fsp3) is 0.444. The van der Waals surface area contributed by atoms with Gasteiger partial charge in [-0.15, -0.1) is 0 Å². The molecule has 1 aromatic carbocycles. The molecule has 8 nitrogen and oxygen atoms in total. The minimum atomic E-state index is 0.213. The van der Waals surface area contributed by atoms with E-state index in [0.29, 0.717) is 13.0 Å². The molecule has 0 radical (unpaired) electrons. The molecular weight excluding hydrogens is 330 g/mol. The number of hydrogen-bond acceptors (Lipinski definition) is 4. The van der Waals surface area contributed by atoms with Gasteiger partial charge in [-0.05, 0) is 24.1 Å². The van der Waals surface area contributed by atoms with Crippen LogP contribution in [-0.2, 0) is 11.3 Å². The Balaban J connectivity index is 1.49. The van der Waals surface area contributed by atoms with Gasteiger partial charge in [0.05, 0.1) is 5.69 Å². The van der Waals surface area contributed by atoms with Crippen molar-refractivity contribution in [3.05, 3.63) is 42.5 Å². The third-order valence-corrected chi connectivity index (χ3v) is 4.49. The number of aliphatic imine (C=N–C) groups is 1. The van der Waals surface area contributed by atoms with Gasteiger partial charge in [0.1, 0.15) is 12.7 Å². The summed E-state index contributed by atoms with van der Waals surface area (Å²) in [5, 5.41) is 10.8. The molecule has 26 heavy (non-hydrogen) atoms. The lowest BCUT2D eigenvalue weighted by Gasteiger charge is -2.18. The molecule has 2 aromatic rings. The molecule has 1 fully saturated rings. The van der Waals surface area contributed by atoms with Crippen LogP contribution in [0.2, 0.25) is 0 Å². The molecule has 2 heterocycles. The Labute approximate surface area is 153 Å². The summed E-state index contributed by atoms with van der Waals surface area (Å²) < 4.78 is 1.72. The SMILES string of the molecule is CCC(=O)N1CCC(NC(=NC)NCc2ccc(-n3cncn3)cc2)C1. The van der Waals surface area contributed by atoms with Gasteiger partial charge in [0.25, 0.3) is 0 Å². The third kappa shape index (κ3) is 4.38. The highest BCUT2D eigenvalue weighted by Gasteiger charge is 2.25. The van der Waals surface area contributed by atoms with E-state index < -0.39 is 0 Å². The van der Waals surface area contributed by atoms with Crippen molar-refractivity contribution in [1.82, 2.24) is 30.3 Å². The molecule has 1 aromatic heterocycles. The highest BCUT2D eigenvalue weighted by molar-refractivity contribution is 5.80. The van der Waals surface area contributed by atoms with Gasteiger partial charge in [0, 0.05) is 39.1 Å². The molecule has 1 aliphatic rings. The molecule has 8 heteroatoms. The molecular formula is C18H25N7O. The Morgan fingerprint density at radius 2 is 2.15 bits per heavy atom. The first-order valence-electron chi connectivity index (χ1n) is 8.88. The number of amides is 1. The summed E-state index contributed by atoms with van der Waals surface area (Å²) in [7, 11) is 1.76. The number of benzene rings is 1. The quantitative estimate of drug-likeness (QED) is 0.616. The predicted octanol–water partition coefficient (Wildman–Crippen LogP) is 0.943. The molecule has 1 atom stereocenters. The van der Waals surface area contributed by atoms with Gasteiger partial charge in [0.15, 0.2) is 5.96 Å². The van der Waals surface area contributed by atoms with E-state index in [1.165, 1.54) is 6.33 Å². The van der Waals surface area contributed by atoms with Crippen LogP contribution in [0.3, 0.4) is 0 Å². The molecule has 1 saturated heterocycles. The zero-order valence-corrected chi connectivity index (χ0v) is 15.2. The third-order valence-electron chi connectivity index (χ3n) is 4.49. The second-order valence-electron chi connectivity index (χ2n) is 6.26. The summed E-state index contributed by atoms with van der Waals surface area (Å²) in [4.78, 5) is 21.9. The van der Waals surface area contributed by atoms with Crippen molar-refractivity contribution >= 4 is 11.9 Å². The summed E-state index contributed by atoms with van der Waals surface area (Å²) in [5.41, 5.74) is 2.12. The van der Waals surface area contributed by atoms with Crippen LogP contribution < -0.4 is 10.6 Å². The Bertz CT molecular complexity index is 739. The highest BCUT2D eigenvalue weighted by Crippen LogP contribution is 2.11. The molecule has 2 N–H and O–H groups in total. The van der Waals surface area contributed by atoms with Crippen LogP contribution in [-0.4, -0.2) is 57.7 Å². The topological polar surface area (TPSA) is 87.4 Å². The maximum atomic E-state index is 11.8. The number of nitrogens with zero attached hydrogens (tertiary/aromatic N) is 5. The maximum Gasteiger partial charge on any atom is 0.222 e. The summed E-state index contributed by atoms with van der Waals surface area (Å²) >= 11 is 0. The van der Waals surface area contributed by atoms with Crippen LogP contribution in [0.5, 0.6) is 0 Å². The number of carbonyl (C=O) groups excluding carboxylic acids is 1. The first-order valence-corrected chi connectivity index (χ1v) is 8.88. The average Bonchev–Trinajstić information content (AvgIpc) is 3.37. The van der Waals surface area contributed by atoms with Crippen molar-refractivity contribution in [2.24, 2.45) is 4.99 Å². The smallest absolute Gasteiger partial charge is 0.222 e. The second-order valence-corrected chi connectivity index (χ2v) is 6.26. The van der Waals surface area contributed by atoms with Crippen LogP contribution >= 0.6 is 0 Å². The molecule has 1 amide bonds. The van der Waals surface area contributed by atoms with E-state index in [4.69, 9.17) is 0 Å². The van der Waals surface area contributed by atoms with Crippen LogP contribution in [0.1, 0.15) is 25.3 Å². The Morgan fingerprint density at radius 1 is 1.35 bits per heavy atom. The number of likely N-dealkylation sites (tertiary alicyclic amines) is 1. The minimum absolute atomic E-state index is 0.213. The number of nitrogens with one attached hydrogen (secondary N) is 2. The van der Waals surface area contributed by atoms with Crippen molar-refractivity contribution in [1.29, 1.82) is 0 Å². The standard InChI is InChI=1S/C18H25N7O/c1-3-17(26)24-9-8-15(11-24)23-18(19-2)21-10-14-4-6-16(7-5-14)25-13-20-12-22-25/h4-7,12-13,15H,3,8-11H2,1-2H3,(H2,19,21,23). The minimum Gasteiger partial charge on any atom is -0.352 e. The lowest BCUT2D eigenvalue weighted by Crippen LogP contribution is -2.44. The van der Waals surface area contributed by atoms with Crippen molar-refractivity contribution in [2.45, 2.75) is 32.4 Å². The molecule has 138 valence electrons. The number of rotatable bonds is 5. The molecule has 0 spiro atoms. The Morgan fingerprint density at radius 3 is 2.81 bits per heavy atom. The van der Waals surface area contributed by atoms with Gasteiger partial charge in [0.2, 0.25) is 5.91 Å². The highest BCUT2D eigenvalue weighted by atomic mass is 16.2. The zero-order chi connectivity index (χ0) is 18.4. The van der Waals surface area contributed by atoms with E-state index in [9.17, 15) is 4.79 Å². The number of carbonyl (C=O) groups is 1. The van der Waals surface area contributed by atoms with E-state index in [1.807, 2.05) is 24.0 Å². The molecule has 0 bridgehead atoms. The first-order chi connectivity index (χ1) is 12.7. The summed E-state index contributed by atoms with van der Waals surface area (Å²) in [6, 6.07) is 8.36. The van der Waals surface area contributed by atoms with E-state index in [-0.39, 0.29) is 11.9 Å². The molecule has 1 aliphatic heterocycles. The molecule has 0 saturated carbocycles. The van der Waals surface area contributed by atoms with Gasteiger partial charge < -0.3 is 15.5 Å². The van der Waals surface area contributed by atoms with Crippen LogP contribution in [0.25, 0.3) is 5.69 Å². The Hall–Kier alpha value is -2.90. The van der Waals surface area contributed by atoms with Gasteiger partial charge in [-0.3, -0.25) is 9.79 Å². The van der Waals surface area contributed by atoms with Crippen molar-refractivity contribution < 1.29 is 4.79 Å². The Kier molecular flexibility index (Phi) is 5.83. The van der Waals surface area contributed by atoms with Crippen LogP contribution in [0.4, 0.5) is 0 Å². The molecule has 1 unspecified atom stereocenters. The average molecular weight is 355 g/mol. The van der Waals surface area contributed by atoms with E-state index in [2.05, 4.69) is 37.8 Å². The molecule has 3 rings (SSSR count). The fourth-order valence-electron chi connectivity index (χ4n) is 3.01. The van der Waals surface area contributed by atoms with Crippen molar-refractivity contribution in [3.63, 3.8) is 0 Å². The van der Waals surface area contributed by atoms with Gasteiger partial charge in [-0.2, -0.15) is 5.10 Å². The summed E-state index contributed by atoms with van der Waals surface area (Å²) in [6.45, 7) is 4.12. The van der Waals surface area contributed by atoms with E-state index >= 15 is 0 Å². The van der Waals surface area contributed by atoms with Gasteiger partial charge in [-0.25, -0.2) is 9.67 Å². The monoisotopic (exact) mass is 355 g/mol. The second kappa shape index (κ2) is 8.46. The lowest BCUT2D eigenvalue weighted by atomic mass is 10.2. The van der Waals surface area contributed by atoms with Crippen LogP contribution in [0, 0.1) is 0 Å². The maximum absolute atomic E-state index is 11.8. The largest absolute Gasteiger partial charge is 0.352 e. The van der Waals surface area contributed by atoms with E-state index in [1.54, 1.807) is 18.1 Å². The first kappa shape index (κ1) is 17.9. The normalized spacial score (nSPS) is 17.4. The fourth-order valence-corrected chi connectivity index (χ4v) is 3.01. The van der Waals surface area contributed by atoms with Crippen LogP contribution in [0.15, 0.2) is 41.9 Å². The van der Waals surface area contributed by atoms with E-state index in [0.717, 1.165) is 36.7 Å². The van der Waals surface area contributed by atoms with Gasteiger partial charge >= 0.3 is 0 Å². The summed E-state index contributed by atoms with van der Waals surface area (Å²) in [6.07, 6.45) is 4.69. The zero-order valence-electron chi connectivity index (χ0n) is 15.2. The summed E-state index contributed by atoms with van der Waals surface area (Å²) in [5.74, 6) is 0.964. The number of aromatic nitrogens is 3. The number of guanidine groups is 1. The molecule has 0 aliphatic carbocycles. The van der Waals surface area contributed by atoms with Crippen molar-refractivity contribution in [2.75, 3.05) is 20.1 Å². The number of hydrogen-bond donors (Lipinski definition) is 2. The lowest BCUT2D eigenvalue weighted by molar-refractivity contribution is -0.129. The van der Waals surface area contributed by atoms with Gasteiger partial charge in [-0.1, -0.05) is 19.1 Å².